The molecule has 5 nitrogen and oxygen atoms in total. The first-order chi connectivity index (χ1) is 12.9. The van der Waals surface area contributed by atoms with Gasteiger partial charge in [0.25, 0.3) is 10.1 Å². The van der Waals surface area contributed by atoms with Crippen LogP contribution in [0.2, 0.25) is 0 Å². The van der Waals surface area contributed by atoms with Gasteiger partial charge in [-0.15, -0.1) is 0 Å². The molecule has 1 amide bonds. The van der Waals surface area contributed by atoms with E-state index in [1.54, 1.807) is 0 Å². The number of amides is 1. The Balaban J connectivity index is 0. The van der Waals surface area contributed by atoms with Gasteiger partial charge in [0.2, 0.25) is 5.91 Å². The maximum atomic E-state index is 11.6. The molecule has 1 unspecified atom stereocenters. The first-order valence-corrected chi connectivity index (χ1v) is 12.6. The van der Waals surface area contributed by atoms with E-state index in [1.807, 2.05) is 0 Å². The summed E-state index contributed by atoms with van der Waals surface area (Å²) >= 11 is 0. The molecule has 2 N–H and O–H groups in total. The monoisotopic (exact) mass is 429 g/mol. The third-order valence-electron chi connectivity index (χ3n) is 5.10. The van der Waals surface area contributed by atoms with Crippen LogP contribution in [0.15, 0.2) is 0 Å². The van der Waals surface area contributed by atoms with Crippen LogP contribution in [0.1, 0.15) is 117 Å². The summed E-state index contributed by atoms with van der Waals surface area (Å²) in [4.78, 5) is 11.6. The molecule has 0 spiro atoms. The van der Waals surface area contributed by atoms with Crippen molar-refractivity contribution in [3.05, 3.63) is 0 Å². The number of nitrogens with one attached hydrogen (secondary N) is 1. The van der Waals surface area contributed by atoms with E-state index in [0.29, 0.717) is 6.42 Å². The zero-order chi connectivity index (χ0) is 20.4. The SMILES string of the molecule is CCCCCCCCCCCCCCCCCC(=O)NCC(C)S(=O)(=O)O.[NaH]. The summed E-state index contributed by atoms with van der Waals surface area (Å²) < 4.78 is 30.5. The zero-order valence-corrected chi connectivity index (χ0v) is 18.5. The van der Waals surface area contributed by atoms with Crippen LogP contribution in [-0.4, -0.2) is 60.2 Å². The Morgan fingerprint density at radius 1 is 0.786 bits per heavy atom. The summed E-state index contributed by atoms with van der Waals surface area (Å²) in [6, 6.07) is 0. The Labute approximate surface area is 196 Å². The Bertz CT molecular complexity index is 457. The zero-order valence-electron chi connectivity index (χ0n) is 17.7. The van der Waals surface area contributed by atoms with Crippen LogP contribution in [0.4, 0.5) is 0 Å². The van der Waals surface area contributed by atoms with Crippen molar-refractivity contribution in [1.82, 2.24) is 5.32 Å². The maximum absolute atomic E-state index is 11.6. The minimum absolute atomic E-state index is 0. The molecular weight excluding hydrogens is 385 g/mol. The van der Waals surface area contributed by atoms with Crippen LogP contribution < -0.4 is 5.32 Å². The second kappa shape index (κ2) is 20.6. The standard InChI is InChI=1S/C21H43NO4S.Na.H/c1-3-4-5-6-7-8-9-10-11-12-13-14-15-16-17-18-21(23)22-19-20(2)27(24,25)26;;/h20H,3-19H2,1-2H3,(H,22,23)(H,24,25,26);;. The second-order valence-electron chi connectivity index (χ2n) is 7.83. The molecule has 0 aromatic heterocycles. The van der Waals surface area contributed by atoms with Gasteiger partial charge in [0.15, 0.2) is 0 Å². The van der Waals surface area contributed by atoms with Crippen molar-refractivity contribution in [1.29, 1.82) is 0 Å². The van der Waals surface area contributed by atoms with Crippen molar-refractivity contribution in [2.75, 3.05) is 6.54 Å². The van der Waals surface area contributed by atoms with Gasteiger partial charge in [-0.3, -0.25) is 9.35 Å². The van der Waals surface area contributed by atoms with Crippen LogP contribution in [0.5, 0.6) is 0 Å². The van der Waals surface area contributed by atoms with Crippen LogP contribution in [0.25, 0.3) is 0 Å². The van der Waals surface area contributed by atoms with Gasteiger partial charge in [0.05, 0.1) is 0 Å². The molecule has 0 saturated carbocycles. The molecule has 0 heterocycles. The number of carbonyl (C=O) groups excluding carboxylic acids is 1. The molecule has 0 aromatic carbocycles. The summed E-state index contributed by atoms with van der Waals surface area (Å²) in [6.07, 6.45) is 19.7. The first-order valence-electron chi connectivity index (χ1n) is 11.1. The molecule has 0 aliphatic carbocycles. The Morgan fingerprint density at radius 2 is 1.14 bits per heavy atom. The Hall–Kier alpha value is 0.380. The predicted octanol–water partition coefficient (Wildman–Crippen LogP) is 4.99. The van der Waals surface area contributed by atoms with Gasteiger partial charge >= 0.3 is 29.6 Å². The van der Waals surface area contributed by atoms with Crippen LogP contribution in [-0.2, 0) is 14.9 Å². The van der Waals surface area contributed by atoms with Gasteiger partial charge < -0.3 is 5.32 Å². The van der Waals surface area contributed by atoms with Gasteiger partial charge in [-0.05, 0) is 13.3 Å². The molecule has 0 aliphatic rings. The summed E-state index contributed by atoms with van der Waals surface area (Å²) in [5.74, 6) is -0.139. The molecule has 0 radical (unpaired) electrons. The number of hydrogen-bond acceptors (Lipinski definition) is 3. The van der Waals surface area contributed by atoms with Crippen LogP contribution in [0, 0.1) is 0 Å². The van der Waals surface area contributed by atoms with E-state index in [0.717, 1.165) is 19.3 Å². The molecule has 0 bridgehead atoms. The average molecular weight is 430 g/mol. The number of unbranched alkanes of at least 4 members (excludes halogenated alkanes) is 14. The van der Waals surface area contributed by atoms with Crippen LogP contribution in [0.3, 0.4) is 0 Å². The molecule has 0 aromatic rings. The third-order valence-corrected chi connectivity index (χ3v) is 6.29. The molecule has 0 fully saturated rings. The van der Waals surface area contributed by atoms with Gasteiger partial charge in [-0.25, -0.2) is 0 Å². The Morgan fingerprint density at radius 3 is 1.50 bits per heavy atom. The fourth-order valence-electron chi connectivity index (χ4n) is 3.11. The average Bonchev–Trinajstić information content (AvgIpc) is 2.62. The van der Waals surface area contributed by atoms with Crippen molar-refractivity contribution in [2.45, 2.75) is 122 Å². The van der Waals surface area contributed by atoms with E-state index in [4.69, 9.17) is 4.55 Å². The summed E-state index contributed by atoms with van der Waals surface area (Å²) in [6.45, 7) is 3.61. The number of hydrogen-bond donors (Lipinski definition) is 2. The first kappa shape index (κ1) is 30.6. The summed E-state index contributed by atoms with van der Waals surface area (Å²) in [5.41, 5.74) is 0. The van der Waals surface area contributed by atoms with Crippen molar-refractivity contribution >= 4 is 45.6 Å². The second-order valence-corrected chi connectivity index (χ2v) is 9.66. The van der Waals surface area contributed by atoms with E-state index in [-0.39, 0.29) is 42.0 Å². The summed E-state index contributed by atoms with van der Waals surface area (Å²) in [7, 11) is -4.06. The molecule has 0 rings (SSSR count). The van der Waals surface area contributed by atoms with E-state index in [9.17, 15) is 13.2 Å². The minimum atomic E-state index is -4.06. The fraction of sp³-hybridized carbons (Fsp3) is 0.952. The van der Waals surface area contributed by atoms with Crippen molar-refractivity contribution in [2.24, 2.45) is 0 Å². The summed E-state index contributed by atoms with van der Waals surface area (Å²) in [5, 5.41) is 1.60. The normalized spacial score (nSPS) is 12.4. The Kier molecular flexibility index (Phi) is 22.5. The van der Waals surface area contributed by atoms with Gasteiger partial charge in [0.1, 0.15) is 5.25 Å². The van der Waals surface area contributed by atoms with Gasteiger partial charge in [0, 0.05) is 13.0 Å². The topological polar surface area (TPSA) is 83.5 Å². The van der Waals surface area contributed by atoms with E-state index in [2.05, 4.69) is 12.2 Å². The van der Waals surface area contributed by atoms with Gasteiger partial charge in [-0.2, -0.15) is 8.42 Å². The molecule has 28 heavy (non-hydrogen) atoms. The van der Waals surface area contributed by atoms with E-state index in [1.165, 1.54) is 84.0 Å². The molecule has 164 valence electrons. The number of carbonyl (C=O) groups is 1. The molecular formula is C21H44NNaO4S. The molecule has 0 saturated heterocycles. The van der Waals surface area contributed by atoms with E-state index < -0.39 is 15.4 Å². The van der Waals surface area contributed by atoms with Crippen LogP contribution >= 0.6 is 0 Å². The third kappa shape index (κ3) is 21.1. The number of rotatable bonds is 19. The quantitative estimate of drug-likeness (QED) is 0.172. The van der Waals surface area contributed by atoms with Gasteiger partial charge in [-0.1, -0.05) is 96.8 Å². The van der Waals surface area contributed by atoms with E-state index >= 15 is 0 Å². The molecule has 0 aliphatic heterocycles. The van der Waals surface area contributed by atoms with Crippen molar-refractivity contribution in [3.63, 3.8) is 0 Å². The van der Waals surface area contributed by atoms with Crippen molar-refractivity contribution in [3.8, 4) is 0 Å². The van der Waals surface area contributed by atoms with Crippen molar-refractivity contribution < 1.29 is 17.8 Å². The molecule has 7 heteroatoms. The molecule has 1 atom stereocenters. The predicted molar refractivity (Wildman–Crippen MR) is 121 cm³/mol. The fourth-order valence-corrected chi connectivity index (χ4v) is 3.40.